The van der Waals surface area contributed by atoms with E-state index in [0.29, 0.717) is 24.6 Å². The molecule has 0 aliphatic rings. The molecule has 2 N–H and O–H groups in total. The Morgan fingerprint density at radius 3 is 2.24 bits per heavy atom. The van der Waals surface area contributed by atoms with E-state index in [2.05, 4.69) is 24.5 Å². The van der Waals surface area contributed by atoms with Crippen LogP contribution in [0.3, 0.4) is 0 Å². The number of nitrogens with one attached hydrogen (secondary N) is 2. The first-order valence-corrected chi connectivity index (χ1v) is 13.8. The number of carbonyl (C=O) groups is 1. The van der Waals surface area contributed by atoms with Gasteiger partial charge >= 0.3 is 0 Å². The van der Waals surface area contributed by atoms with Crippen LogP contribution >= 0.6 is 12.2 Å². The molecule has 1 amide bonds. The van der Waals surface area contributed by atoms with Crippen LogP contribution in [0, 0.1) is 0 Å². The molecule has 0 fully saturated rings. The minimum Gasteiger partial charge on any atom is -0.385 e. The molecule has 1 aromatic carbocycles. The fraction of sp³-hybridized carbons (Fsp3) is 0.714. The number of hydrogen-bond donors (Lipinski definition) is 2. The molecule has 0 saturated heterocycles. The van der Waals surface area contributed by atoms with Crippen molar-refractivity contribution in [3.8, 4) is 0 Å². The maximum absolute atomic E-state index is 12.5. The number of benzene rings is 1. The van der Waals surface area contributed by atoms with E-state index in [1.807, 2.05) is 18.2 Å². The van der Waals surface area contributed by atoms with Gasteiger partial charge in [-0.25, -0.2) is 0 Å². The fourth-order valence-electron chi connectivity index (χ4n) is 3.83. The van der Waals surface area contributed by atoms with Crippen LogP contribution in [-0.4, -0.2) is 44.4 Å². The Kier molecular flexibility index (Phi) is 18.7. The molecule has 1 aromatic rings. The lowest BCUT2D eigenvalue weighted by Crippen LogP contribution is -2.24. The Morgan fingerprint density at radius 1 is 0.882 bits per heavy atom. The smallest absolute Gasteiger partial charge is 0.224 e. The predicted molar refractivity (Wildman–Crippen MR) is 148 cm³/mol. The second kappa shape index (κ2) is 20.8. The highest BCUT2D eigenvalue weighted by molar-refractivity contribution is 7.80. The van der Waals surface area contributed by atoms with Gasteiger partial charge in [-0.1, -0.05) is 89.6 Å². The first-order valence-electron chi connectivity index (χ1n) is 13.4. The van der Waals surface area contributed by atoms with Crippen molar-refractivity contribution >= 4 is 28.8 Å². The lowest BCUT2D eigenvalue weighted by Gasteiger charge is -2.14. The minimum atomic E-state index is 0.0255. The van der Waals surface area contributed by atoms with Crippen LogP contribution < -0.4 is 10.6 Å². The van der Waals surface area contributed by atoms with Crippen LogP contribution in [0.5, 0.6) is 0 Å². The van der Waals surface area contributed by atoms with E-state index in [0.717, 1.165) is 55.6 Å². The van der Waals surface area contributed by atoms with Gasteiger partial charge in [0.1, 0.15) is 4.99 Å². The third-order valence-electron chi connectivity index (χ3n) is 5.92. The van der Waals surface area contributed by atoms with Crippen molar-refractivity contribution in [1.82, 2.24) is 5.32 Å². The topological polar surface area (TPSA) is 59.6 Å². The molecule has 0 aromatic heterocycles. The van der Waals surface area contributed by atoms with Gasteiger partial charge in [-0.05, 0) is 37.3 Å². The van der Waals surface area contributed by atoms with E-state index in [1.165, 1.54) is 51.4 Å². The van der Waals surface area contributed by atoms with Crippen LogP contribution in [0.1, 0.15) is 102 Å². The summed E-state index contributed by atoms with van der Waals surface area (Å²) in [6, 6.07) is 6.03. The van der Waals surface area contributed by atoms with E-state index < -0.39 is 0 Å². The molecule has 6 heteroatoms. The van der Waals surface area contributed by atoms with E-state index in [9.17, 15) is 4.79 Å². The number of amides is 1. The molecule has 0 aliphatic heterocycles. The van der Waals surface area contributed by atoms with Gasteiger partial charge in [-0.15, -0.1) is 0 Å². The summed E-state index contributed by atoms with van der Waals surface area (Å²) in [4.78, 5) is 13.2. The average Bonchev–Trinajstić information content (AvgIpc) is 2.84. The van der Waals surface area contributed by atoms with E-state index in [1.54, 1.807) is 7.11 Å². The van der Waals surface area contributed by atoms with Crippen molar-refractivity contribution in [2.75, 3.05) is 38.8 Å². The van der Waals surface area contributed by atoms with Gasteiger partial charge in [-0.3, -0.25) is 4.79 Å². The Labute approximate surface area is 213 Å². The van der Waals surface area contributed by atoms with Crippen molar-refractivity contribution in [3.63, 3.8) is 0 Å². The number of hydrogen-bond acceptors (Lipinski definition) is 4. The van der Waals surface area contributed by atoms with Crippen molar-refractivity contribution < 1.29 is 14.3 Å². The lowest BCUT2D eigenvalue weighted by atomic mass is 10.1. The molecule has 0 heterocycles. The summed E-state index contributed by atoms with van der Waals surface area (Å²) >= 11 is 5.51. The van der Waals surface area contributed by atoms with Crippen LogP contribution in [0.25, 0.3) is 0 Å². The number of thiocarbonyl (C=S) groups is 1. The van der Waals surface area contributed by atoms with E-state index >= 15 is 0 Å². The van der Waals surface area contributed by atoms with Gasteiger partial charge in [0, 0.05) is 51.1 Å². The summed E-state index contributed by atoms with van der Waals surface area (Å²) in [5.74, 6) is 0.0255. The Bertz CT molecular complexity index is 682. The van der Waals surface area contributed by atoms with Gasteiger partial charge < -0.3 is 20.1 Å². The minimum absolute atomic E-state index is 0.0255. The quantitative estimate of drug-likeness (QED) is 0.146. The number of methoxy groups -OCH3 is 1. The molecule has 1 rings (SSSR count). The highest BCUT2D eigenvalue weighted by atomic mass is 32.1. The van der Waals surface area contributed by atoms with Crippen LogP contribution in [0.2, 0.25) is 0 Å². The Morgan fingerprint density at radius 2 is 1.56 bits per heavy atom. The summed E-state index contributed by atoms with van der Waals surface area (Å²) in [5.41, 5.74) is 2.88. The lowest BCUT2D eigenvalue weighted by molar-refractivity contribution is -0.116. The average molecular weight is 493 g/mol. The number of rotatable bonds is 21. The molecule has 0 aliphatic carbocycles. The summed E-state index contributed by atoms with van der Waals surface area (Å²) < 4.78 is 10.8. The number of unbranched alkanes of at least 4 members (excludes halogenated alkanes) is 8. The third-order valence-corrected chi connectivity index (χ3v) is 6.30. The van der Waals surface area contributed by atoms with Crippen LogP contribution in [-0.2, 0) is 20.7 Å². The van der Waals surface area contributed by atoms with Gasteiger partial charge in [-0.2, -0.15) is 0 Å². The maximum Gasteiger partial charge on any atom is 0.224 e. The van der Waals surface area contributed by atoms with E-state index in [4.69, 9.17) is 21.7 Å². The molecular formula is C28H48N2O3S. The maximum atomic E-state index is 12.5. The number of aryl methyl sites for hydroxylation is 1. The molecule has 0 unspecified atom stereocenters. The van der Waals surface area contributed by atoms with Crippen LogP contribution in [0.15, 0.2) is 18.2 Å². The monoisotopic (exact) mass is 492 g/mol. The van der Waals surface area contributed by atoms with Crippen molar-refractivity contribution in [3.05, 3.63) is 29.3 Å². The Balaban J connectivity index is 2.22. The molecule has 0 saturated carbocycles. The first-order chi connectivity index (χ1) is 16.6. The fourth-order valence-corrected chi connectivity index (χ4v) is 4.06. The predicted octanol–water partition coefficient (Wildman–Crippen LogP) is 6.82. The summed E-state index contributed by atoms with van der Waals surface area (Å²) in [6.07, 6.45) is 14.8. The molecule has 0 radical (unpaired) electrons. The first kappa shape index (κ1) is 30.5. The summed E-state index contributed by atoms with van der Waals surface area (Å²) in [5, 5.41) is 6.33. The van der Waals surface area contributed by atoms with Gasteiger partial charge in [0.05, 0.1) is 0 Å². The largest absolute Gasteiger partial charge is 0.385 e. The highest BCUT2D eigenvalue weighted by Crippen LogP contribution is 2.19. The zero-order valence-corrected chi connectivity index (χ0v) is 22.7. The van der Waals surface area contributed by atoms with Gasteiger partial charge in [0.2, 0.25) is 5.91 Å². The molecule has 0 atom stereocenters. The zero-order chi connectivity index (χ0) is 24.9. The zero-order valence-electron chi connectivity index (χ0n) is 21.9. The second-order valence-electron chi connectivity index (χ2n) is 8.92. The molecule has 0 spiro atoms. The van der Waals surface area contributed by atoms with Crippen molar-refractivity contribution in [1.29, 1.82) is 0 Å². The molecule has 0 bridgehead atoms. The van der Waals surface area contributed by atoms with Crippen LogP contribution in [0.4, 0.5) is 5.69 Å². The van der Waals surface area contributed by atoms with Crippen molar-refractivity contribution in [2.24, 2.45) is 0 Å². The standard InChI is InChI=1S/C28H48N2O3S/c1-4-6-7-8-9-10-11-12-13-21-33-22-14-16-27(31)30-26-23-25(18-17-24(26)5-2)28(34)29-19-15-20-32-3/h17-18,23H,4-16,19-22H2,1-3H3,(H,29,34)(H,30,31). The van der Waals surface area contributed by atoms with Gasteiger partial charge in [0.15, 0.2) is 0 Å². The number of anilines is 1. The highest BCUT2D eigenvalue weighted by Gasteiger charge is 2.09. The Hall–Kier alpha value is -1.50. The van der Waals surface area contributed by atoms with E-state index in [-0.39, 0.29) is 5.91 Å². The molecular weight excluding hydrogens is 444 g/mol. The normalized spacial score (nSPS) is 10.9. The van der Waals surface area contributed by atoms with Gasteiger partial charge in [0.25, 0.3) is 0 Å². The molecule has 5 nitrogen and oxygen atoms in total. The second-order valence-corrected chi connectivity index (χ2v) is 9.33. The molecule has 194 valence electrons. The summed E-state index contributed by atoms with van der Waals surface area (Å²) in [6.45, 7) is 7.26. The SMILES string of the molecule is CCCCCCCCCCCOCCCC(=O)Nc1cc(C(=S)NCCCOC)ccc1CC. The third kappa shape index (κ3) is 14.7. The number of carbonyl (C=O) groups excluding carboxylic acids is 1. The number of ether oxygens (including phenoxy) is 2. The van der Waals surface area contributed by atoms with Crippen molar-refractivity contribution in [2.45, 2.75) is 97.3 Å². The molecule has 34 heavy (non-hydrogen) atoms. The summed E-state index contributed by atoms with van der Waals surface area (Å²) in [7, 11) is 1.70.